The van der Waals surface area contributed by atoms with Crippen LogP contribution in [0.2, 0.25) is 0 Å². The number of morpholine rings is 1. The molecule has 0 spiro atoms. The highest BCUT2D eigenvalue weighted by Crippen LogP contribution is 2.18. The van der Waals surface area contributed by atoms with E-state index in [1.54, 1.807) is 11.3 Å². The van der Waals surface area contributed by atoms with E-state index in [1.165, 1.54) is 18.1 Å². The maximum atomic E-state index is 5.49. The molecule has 3 heterocycles. The van der Waals surface area contributed by atoms with Crippen LogP contribution in [0.4, 0.5) is 5.13 Å². The molecule has 1 unspecified atom stereocenters. The summed E-state index contributed by atoms with van der Waals surface area (Å²) < 4.78 is 5.49. The largest absolute Gasteiger partial charge is 0.379 e. The van der Waals surface area contributed by atoms with E-state index < -0.39 is 0 Å². The summed E-state index contributed by atoms with van der Waals surface area (Å²) in [5, 5.41) is 6.74. The SMILES string of the molecule is c1csc(N2CCN(CCC3COCCN3)CC2)n1. The molecule has 5 nitrogen and oxygen atoms in total. The highest BCUT2D eigenvalue weighted by molar-refractivity contribution is 7.13. The van der Waals surface area contributed by atoms with E-state index >= 15 is 0 Å². The van der Waals surface area contributed by atoms with Gasteiger partial charge in [-0.3, -0.25) is 4.90 Å². The first kappa shape index (κ1) is 13.3. The van der Waals surface area contributed by atoms with Crippen LogP contribution < -0.4 is 10.2 Å². The Balaban J connectivity index is 1.38. The monoisotopic (exact) mass is 282 g/mol. The molecule has 106 valence electrons. The Hall–Kier alpha value is -0.690. The molecule has 1 N–H and O–H groups in total. The number of ether oxygens (including phenoxy) is 1. The van der Waals surface area contributed by atoms with Gasteiger partial charge in [0.05, 0.1) is 13.2 Å². The van der Waals surface area contributed by atoms with Crippen molar-refractivity contribution in [1.29, 1.82) is 0 Å². The van der Waals surface area contributed by atoms with Crippen molar-refractivity contribution in [2.45, 2.75) is 12.5 Å². The first-order valence-corrected chi connectivity index (χ1v) is 7.98. The third-order valence-electron chi connectivity index (χ3n) is 3.85. The van der Waals surface area contributed by atoms with Crippen LogP contribution in [0.15, 0.2) is 11.6 Å². The molecule has 0 saturated carbocycles. The molecule has 0 radical (unpaired) electrons. The minimum absolute atomic E-state index is 0.547. The zero-order valence-electron chi connectivity index (χ0n) is 11.3. The Labute approximate surface area is 118 Å². The zero-order valence-corrected chi connectivity index (χ0v) is 12.1. The van der Waals surface area contributed by atoms with E-state index in [0.717, 1.165) is 45.9 Å². The van der Waals surface area contributed by atoms with Crippen LogP contribution in [0, 0.1) is 0 Å². The fourth-order valence-corrected chi connectivity index (χ4v) is 3.38. The summed E-state index contributed by atoms with van der Waals surface area (Å²) in [7, 11) is 0. The van der Waals surface area contributed by atoms with Crippen molar-refractivity contribution in [3.63, 3.8) is 0 Å². The molecule has 1 atom stereocenters. The van der Waals surface area contributed by atoms with Gasteiger partial charge in [-0.15, -0.1) is 11.3 Å². The van der Waals surface area contributed by atoms with E-state index in [2.05, 4.69) is 25.5 Å². The number of aromatic nitrogens is 1. The average molecular weight is 282 g/mol. The fourth-order valence-electron chi connectivity index (χ4n) is 2.68. The maximum absolute atomic E-state index is 5.49. The minimum atomic E-state index is 0.547. The first-order chi connectivity index (χ1) is 9.42. The topological polar surface area (TPSA) is 40.6 Å². The lowest BCUT2D eigenvalue weighted by atomic mass is 10.2. The van der Waals surface area contributed by atoms with Crippen LogP contribution in [0.1, 0.15) is 6.42 Å². The second-order valence-electron chi connectivity index (χ2n) is 5.16. The summed E-state index contributed by atoms with van der Waals surface area (Å²) in [5.41, 5.74) is 0. The first-order valence-electron chi connectivity index (χ1n) is 7.10. The van der Waals surface area contributed by atoms with Crippen LogP contribution in [0.25, 0.3) is 0 Å². The summed E-state index contributed by atoms with van der Waals surface area (Å²) in [4.78, 5) is 9.33. The Kier molecular flexibility index (Phi) is 4.66. The Morgan fingerprint density at radius 3 is 2.95 bits per heavy atom. The standard InChI is InChI=1S/C13H22N4OS/c1(12-11-18-9-2-14-12)4-16-5-7-17(8-6-16)13-15-3-10-19-13/h3,10,12,14H,1-2,4-9,11H2. The predicted molar refractivity (Wildman–Crippen MR) is 78.0 cm³/mol. The number of nitrogens with one attached hydrogen (secondary N) is 1. The highest BCUT2D eigenvalue weighted by Gasteiger charge is 2.20. The second kappa shape index (κ2) is 6.65. The van der Waals surface area contributed by atoms with Crippen LogP contribution in [-0.4, -0.2) is 68.4 Å². The summed E-state index contributed by atoms with van der Waals surface area (Å²) in [6.45, 7) is 8.40. The van der Waals surface area contributed by atoms with Crippen LogP contribution >= 0.6 is 11.3 Å². The van der Waals surface area contributed by atoms with E-state index in [9.17, 15) is 0 Å². The molecule has 3 rings (SSSR count). The number of anilines is 1. The minimum Gasteiger partial charge on any atom is -0.379 e. The number of hydrogen-bond acceptors (Lipinski definition) is 6. The third-order valence-corrected chi connectivity index (χ3v) is 4.69. The molecule has 19 heavy (non-hydrogen) atoms. The quantitative estimate of drug-likeness (QED) is 0.878. The van der Waals surface area contributed by atoms with Crippen LogP contribution in [0.5, 0.6) is 0 Å². The lowest BCUT2D eigenvalue weighted by molar-refractivity contribution is 0.0696. The Morgan fingerprint density at radius 2 is 2.26 bits per heavy atom. The molecule has 2 fully saturated rings. The molecule has 6 heteroatoms. The lowest BCUT2D eigenvalue weighted by Gasteiger charge is -2.35. The molecule has 2 aliphatic rings. The molecule has 1 aromatic rings. The van der Waals surface area contributed by atoms with Gasteiger partial charge in [0.1, 0.15) is 0 Å². The van der Waals surface area contributed by atoms with Gasteiger partial charge in [-0.1, -0.05) is 0 Å². The van der Waals surface area contributed by atoms with Gasteiger partial charge in [0.25, 0.3) is 0 Å². The zero-order chi connectivity index (χ0) is 12.9. The van der Waals surface area contributed by atoms with Crippen molar-refractivity contribution in [2.75, 3.05) is 57.4 Å². The average Bonchev–Trinajstić information content (AvgIpc) is 3.01. The van der Waals surface area contributed by atoms with Gasteiger partial charge in [-0.05, 0) is 13.0 Å². The Morgan fingerprint density at radius 1 is 1.37 bits per heavy atom. The number of hydrogen-bond donors (Lipinski definition) is 1. The summed E-state index contributed by atoms with van der Waals surface area (Å²) in [5.74, 6) is 0. The number of rotatable bonds is 4. The predicted octanol–water partition coefficient (Wildman–Crippen LogP) is 0.644. The number of nitrogens with zero attached hydrogens (tertiary/aromatic N) is 3. The molecule has 1 aromatic heterocycles. The molecule has 0 aliphatic carbocycles. The van der Waals surface area contributed by atoms with Crippen LogP contribution in [0.3, 0.4) is 0 Å². The van der Waals surface area contributed by atoms with Crippen molar-refractivity contribution >= 4 is 16.5 Å². The van der Waals surface area contributed by atoms with Gasteiger partial charge in [0, 0.05) is 50.3 Å². The molecule has 0 aromatic carbocycles. The second-order valence-corrected chi connectivity index (χ2v) is 6.03. The summed E-state index contributed by atoms with van der Waals surface area (Å²) in [6, 6.07) is 0.547. The van der Waals surface area contributed by atoms with Crippen molar-refractivity contribution in [2.24, 2.45) is 0 Å². The van der Waals surface area contributed by atoms with E-state index in [1.807, 2.05) is 6.20 Å². The number of thiazole rings is 1. The van der Waals surface area contributed by atoms with Crippen molar-refractivity contribution < 1.29 is 4.74 Å². The van der Waals surface area contributed by atoms with Gasteiger partial charge in [0.15, 0.2) is 5.13 Å². The van der Waals surface area contributed by atoms with Crippen molar-refractivity contribution in [3.05, 3.63) is 11.6 Å². The Bertz CT molecular complexity index is 359. The van der Waals surface area contributed by atoms with Crippen LogP contribution in [-0.2, 0) is 4.74 Å². The van der Waals surface area contributed by atoms with Gasteiger partial charge in [0.2, 0.25) is 0 Å². The molecule has 2 saturated heterocycles. The van der Waals surface area contributed by atoms with Crippen molar-refractivity contribution in [1.82, 2.24) is 15.2 Å². The van der Waals surface area contributed by atoms with Gasteiger partial charge in [-0.2, -0.15) is 0 Å². The molecule has 0 amide bonds. The van der Waals surface area contributed by atoms with Crippen molar-refractivity contribution in [3.8, 4) is 0 Å². The van der Waals surface area contributed by atoms with E-state index in [4.69, 9.17) is 4.74 Å². The highest BCUT2D eigenvalue weighted by atomic mass is 32.1. The summed E-state index contributed by atoms with van der Waals surface area (Å²) in [6.07, 6.45) is 3.08. The molecular formula is C13H22N4OS. The van der Waals surface area contributed by atoms with Gasteiger partial charge >= 0.3 is 0 Å². The summed E-state index contributed by atoms with van der Waals surface area (Å²) >= 11 is 1.74. The smallest absolute Gasteiger partial charge is 0.185 e. The molecular weight excluding hydrogens is 260 g/mol. The molecule has 0 bridgehead atoms. The lowest BCUT2D eigenvalue weighted by Crippen LogP contribution is -2.49. The fraction of sp³-hybridized carbons (Fsp3) is 0.769. The maximum Gasteiger partial charge on any atom is 0.185 e. The van der Waals surface area contributed by atoms with E-state index in [0.29, 0.717) is 6.04 Å². The van der Waals surface area contributed by atoms with Gasteiger partial charge < -0.3 is 15.0 Å². The number of piperazine rings is 1. The van der Waals surface area contributed by atoms with Gasteiger partial charge in [-0.25, -0.2) is 4.98 Å². The van der Waals surface area contributed by atoms with E-state index in [-0.39, 0.29) is 0 Å². The molecule has 2 aliphatic heterocycles. The normalized spacial score (nSPS) is 25.7. The third kappa shape index (κ3) is 3.66.